The lowest BCUT2D eigenvalue weighted by molar-refractivity contribution is 0.1000. The second-order valence-electron chi connectivity index (χ2n) is 8.02. The number of aromatic nitrogens is 1. The van der Waals surface area contributed by atoms with E-state index >= 15 is 0 Å². The molecule has 33 heavy (non-hydrogen) atoms. The number of carbonyl (C=O) groups is 1. The molecule has 0 unspecified atom stereocenters. The molecule has 0 atom stereocenters. The van der Waals surface area contributed by atoms with Gasteiger partial charge < -0.3 is 21.5 Å². The number of amides is 1. The summed E-state index contributed by atoms with van der Waals surface area (Å²) in [6.45, 7) is 7.07. The van der Waals surface area contributed by atoms with Crippen molar-refractivity contribution in [1.29, 1.82) is 5.41 Å². The Morgan fingerprint density at radius 1 is 1.09 bits per heavy atom. The molecule has 1 aromatic heterocycles. The minimum Gasteiger partial charge on any atom is -0.487 e. The Labute approximate surface area is 194 Å². The van der Waals surface area contributed by atoms with Gasteiger partial charge in [0.05, 0.1) is 5.69 Å². The van der Waals surface area contributed by atoms with Crippen LogP contribution in [0.1, 0.15) is 57.3 Å². The maximum Gasteiger partial charge on any atom is 0.248 e. The summed E-state index contributed by atoms with van der Waals surface area (Å²) in [5.74, 6) is 0.344. The highest BCUT2D eigenvalue weighted by Gasteiger charge is 2.16. The van der Waals surface area contributed by atoms with E-state index in [0.717, 1.165) is 52.4 Å². The van der Waals surface area contributed by atoms with Gasteiger partial charge in [0.2, 0.25) is 5.91 Å². The first-order chi connectivity index (χ1) is 15.8. The highest BCUT2D eigenvalue weighted by molar-refractivity contribution is 5.95. The SMILES string of the molecule is CCCc1nc(C)c(OCc2cccc(C(N)=O)c2)c(C)c1CNc1ccc(C(=N)N)cc1. The normalized spacial score (nSPS) is 10.6. The van der Waals surface area contributed by atoms with Gasteiger partial charge in [-0.15, -0.1) is 0 Å². The Kier molecular flexibility index (Phi) is 7.66. The maximum atomic E-state index is 11.5. The van der Waals surface area contributed by atoms with Crippen molar-refractivity contribution in [2.75, 3.05) is 5.32 Å². The van der Waals surface area contributed by atoms with E-state index in [9.17, 15) is 4.79 Å². The Hall–Kier alpha value is -3.87. The molecule has 3 aromatic rings. The van der Waals surface area contributed by atoms with Gasteiger partial charge in [-0.3, -0.25) is 15.2 Å². The number of hydrogen-bond acceptors (Lipinski definition) is 5. The van der Waals surface area contributed by atoms with E-state index in [-0.39, 0.29) is 5.84 Å². The van der Waals surface area contributed by atoms with Crippen molar-refractivity contribution in [3.05, 3.63) is 87.7 Å². The van der Waals surface area contributed by atoms with Crippen LogP contribution >= 0.6 is 0 Å². The Morgan fingerprint density at radius 3 is 2.45 bits per heavy atom. The highest BCUT2D eigenvalue weighted by atomic mass is 16.5. The average molecular weight is 446 g/mol. The number of ether oxygens (including phenoxy) is 1. The second-order valence-corrected chi connectivity index (χ2v) is 8.02. The summed E-state index contributed by atoms with van der Waals surface area (Å²) in [7, 11) is 0. The molecule has 0 saturated carbocycles. The van der Waals surface area contributed by atoms with Crippen LogP contribution in [0.5, 0.6) is 5.75 Å². The first kappa shape index (κ1) is 23.8. The van der Waals surface area contributed by atoms with Gasteiger partial charge >= 0.3 is 0 Å². The number of anilines is 1. The molecule has 3 rings (SSSR count). The number of pyridine rings is 1. The van der Waals surface area contributed by atoms with Crippen LogP contribution in [0.4, 0.5) is 5.69 Å². The van der Waals surface area contributed by atoms with Crippen LogP contribution < -0.4 is 21.5 Å². The van der Waals surface area contributed by atoms with Gasteiger partial charge in [-0.25, -0.2) is 0 Å². The van der Waals surface area contributed by atoms with Crippen molar-refractivity contribution in [2.24, 2.45) is 11.5 Å². The van der Waals surface area contributed by atoms with Gasteiger partial charge in [0, 0.05) is 29.1 Å². The summed E-state index contributed by atoms with van der Waals surface area (Å²) < 4.78 is 6.18. The molecule has 0 spiro atoms. The third kappa shape index (κ3) is 5.88. The fourth-order valence-electron chi connectivity index (χ4n) is 3.76. The molecule has 0 radical (unpaired) electrons. The van der Waals surface area contributed by atoms with Gasteiger partial charge in [-0.2, -0.15) is 0 Å². The van der Waals surface area contributed by atoms with Crippen molar-refractivity contribution < 1.29 is 9.53 Å². The molecule has 1 heterocycles. The Bertz CT molecular complexity index is 1160. The van der Waals surface area contributed by atoms with Gasteiger partial charge in [-0.05, 0) is 73.4 Å². The van der Waals surface area contributed by atoms with Gasteiger partial charge in [0.1, 0.15) is 18.2 Å². The van der Waals surface area contributed by atoms with Crippen LogP contribution in [0.25, 0.3) is 0 Å². The molecule has 0 aliphatic carbocycles. The predicted octanol–water partition coefficient (Wildman–Crippen LogP) is 4.23. The van der Waals surface area contributed by atoms with E-state index in [4.69, 9.17) is 26.6 Å². The number of nitrogens with two attached hydrogens (primary N) is 2. The number of benzene rings is 2. The van der Waals surface area contributed by atoms with Crippen LogP contribution in [-0.2, 0) is 19.6 Å². The molecule has 6 N–H and O–H groups in total. The number of rotatable bonds is 10. The van der Waals surface area contributed by atoms with Crippen molar-refractivity contribution in [2.45, 2.75) is 46.8 Å². The third-order valence-electron chi connectivity index (χ3n) is 5.52. The van der Waals surface area contributed by atoms with Crippen LogP contribution in [0, 0.1) is 19.3 Å². The zero-order valence-corrected chi connectivity index (χ0v) is 19.4. The van der Waals surface area contributed by atoms with E-state index in [2.05, 4.69) is 19.2 Å². The highest BCUT2D eigenvalue weighted by Crippen LogP contribution is 2.29. The minimum absolute atomic E-state index is 0.0496. The average Bonchev–Trinajstić information content (AvgIpc) is 2.79. The van der Waals surface area contributed by atoms with Crippen LogP contribution in [0.3, 0.4) is 0 Å². The fourth-order valence-corrected chi connectivity index (χ4v) is 3.76. The quantitative estimate of drug-likeness (QED) is 0.274. The van der Waals surface area contributed by atoms with E-state index in [0.29, 0.717) is 24.3 Å². The van der Waals surface area contributed by atoms with Crippen molar-refractivity contribution >= 4 is 17.4 Å². The summed E-state index contributed by atoms with van der Waals surface area (Å²) >= 11 is 0. The van der Waals surface area contributed by atoms with E-state index in [1.54, 1.807) is 18.2 Å². The molecule has 0 aliphatic heterocycles. The molecular weight excluding hydrogens is 414 g/mol. The molecule has 1 amide bonds. The van der Waals surface area contributed by atoms with Crippen LogP contribution in [0.15, 0.2) is 48.5 Å². The molecule has 0 aliphatic rings. The maximum absolute atomic E-state index is 11.5. The van der Waals surface area contributed by atoms with Crippen LogP contribution in [-0.4, -0.2) is 16.7 Å². The molecule has 7 heteroatoms. The third-order valence-corrected chi connectivity index (χ3v) is 5.52. The molecule has 0 bridgehead atoms. The zero-order chi connectivity index (χ0) is 24.0. The summed E-state index contributed by atoms with van der Waals surface area (Å²) in [6.07, 6.45) is 1.87. The number of carbonyl (C=O) groups excluding carboxylic acids is 1. The fraction of sp³-hybridized carbons (Fsp3) is 0.269. The van der Waals surface area contributed by atoms with Crippen LogP contribution in [0.2, 0.25) is 0 Å². The predicted molar refractivity (Wildman–Crippen MR) is 132 cm³/mol. The van der Waals surface area contributed by atoms with E-state index in [1.165, 1.54) is 0 Å². The molecule has 7 nitrogen and oxygen atoms in total. The van der Waals surface area contributed by atoms with Crippen molar-refractivity contribution in [3.63, 3.8) is 0 Å². The summed E-state index contributed by atoms with van der Waals surface area (Å²) in [4.78, 5) is 16.3. The molecule has 0 fully saturated rings. The molecular formula is C26H31N5O2. The van der Waals surface area contributed by atoms with E-state index in [1.807, 2.05) is 37.3 Å². The molecule has 2 aromatic carbocycles. The number of primary amides is 1. The van der Waals surface area contributed by atoms with Gasteiger partial charge in [-0.1, -0.05) is 25.5 Å². The zero-order valence-electron chi connectivity index (χ0n) is 19.4. The Balaban J connectivity index is 1.83. The first-order valence-electron chi connectivity index (χ1n) is 11.0. The van der Waals surface area contributed by atoms with Crippen molar-refractivity contribution in [1.82, 2.24) is 4.98 Å². The summed E-state index contributed by atoms with van der Waals surface area (Å²) in [6, 6.07) is 14.6. The smallest absolute Gasteiger partial charge is 0.248 e. The molecule has 172 valence electrons. The summed E-state index contributed by atoms with van der Waals surface area (Å²) in [5.41, 5.74) is 18.0. The number of nitrogens with zero attached hydrogens (tertiary/aromatic N) is 1. The van der Waals surface area contributed by atoms with Crippen molar-refractivity contribution in [3.8, 4) is 5.75 Å². The monoisotopic (exact) mass is 445 g/mol. The number of amidine groups is 1. The van der Waals surface area contributed by atoms with E-state index < -0.39 is 5.91 Å². The van der Waals surface area contributed by atoms with Gasteiger partial charge in [0.25, 0.3) is 0 Å². The minimum atomic E-state index is -0.459. The largest absolute Gasteiger partial charge is 0.487 e. The second kappa shape index (κ2) is 10.6. The topological polar surface area (TPSA) is 127 Å². The Morgan fingerprint density at radius 2 is 1.82 bits per heavy atom. The summed E-state index contributed by atoms with van der Waals surface area (Å²) in [5, 5.41) is 11.0. The first-order valence-corrected chi connectivity index (χ1v) is 11.0. The lowest BCUT2D eigenvalue weighted by atomic mass is 10.0. The lowest BCUT2D eigenvalue weighted by Crippen LogP contribution is -2.13. The van der Waals surface area contributed by atoms with Gasteiger partial charge in [0.15, 0.2) is 0 Å². The standard InChI is InChI=1S/C26H31N5O2/c1-4-6-23-22(14-30-21-11-9-19(10-12-21)25(27)28)16(2)24(17(3)31-23)33-15-18-7-5-8-20(13-18)26(29)32/h5,7-13,30H,4,6,14-15H2,1-3H3,(H3,27,28)(H2,29,32). The number of hydrogen-bond donors (Lipinski definition) is 4. The number of nitrogen functional groups attached to an aromatic ring is 1. The lowest BCUT2D eigenvalue weighted by Gasteiger charge is -2.19. The molecule has 0 saturated heterocycles. The number of aryl methyl sites for hydroxylation is 2. The number of nitrogens with one attached hydrogen (secondary N) is 2.